The van der Waals surface area contributed by atoms with Crippen LogP contribution >= 0.6 is 11.3 Å². The van der Waals surface area contributed by atoms with E-state index in [1.165, 1.54) is 24.5 Å². The van der Waals surface area contributed by atoms with Crippen LogP contribution in [0.15, 0.2) is 66.4 Å². The van der Waals surface area contributed by atoms with Crippen LogP contribution in [0.5, 0.6) is 5.75 Å². The molecule has 0 radical (unpaired) electrons. The second-order valence-corrected chi connectivity index (χ2v) is 7.49. The topological polar surface area (TPSA) is 69.0 Å². The maximum absolute atomic E-state index is 13.8. The van der Waals surface area contributed by atoms with Crippen LogP contribution in [0.25, 0.3) is 12.2 Å². The number of thiazole rings is 1. The summed E-state index contributed by atoms with van der Waals surface area (Å²) in [5, 5.41) is 5.15. The molecule has 1 aromatic carbocycles. The number of benzene rings is 1. The Balaban J connectivity index is 1.42. The predicted octanol–water partition coefficient (Wildman–Crippen LogP) is 4.96. The van der Waals surface area contributed by atoms with Crippen LogP contribution in [-0.2, 0) is 6.54 Å². The van der Waals surface area contributed by atoms with Crippen LogP contribution in [0.3, 0.4) is 0 Å². The van der Waals surface area contributed by atoms with Crippen LogP contribution < -0.4 is 10.1 Å². The number of carbonyl (C=O) groups is 1. The third kappa shape index (κ3) is 5.04. The van der Waals surface area contributed by atoms with Gasteiger partial charge in [0.15, 0.2) is 16.7 Å². The average molecular weight is 434 g/mol. The van der Waals surface area contributed by atoms with Crippen molar-refractivity contribution in [3.8, 4) is 5.75 Å². The summed E-state index contributed by atoms with van der Waals surface area (Å²) in [5.41, 5.74) is 2.95. The summed E-state index contributed by atoms with van der Waals surface area (Å²) in [5.74, 6) is -0.462. The van der Waals surface area contributed by atoms with Crippen molar-refractivity contribution < 1.29 is 13.9 Å². The van der Waals surface area contributed by atoms with Crippen molar-refractivity contribution in [3.63, 3.8) is 0 Å². The normalized spacial score (nSPS) is 11.0. The lowest BCUT2D eigenvalue weighted by Gasteiger charge is -2.08. The molecule has 0 bridgehead atoms. The number of rotatable bonds is 7. The smallest absolute Gasteiger partial charge is 0.274 e. The summed E-state index contributed by atoms with van der Waals surface area (Å²) in [7, 11) is 1.43. The van der Waals surface area contributed by atoms with Gasteiger partial charge in [0.1, 0.15) is 5.69 Å². The molecule has 1 amide bonds. The van der Waals surface area contributed by atoms with Gasteiger partial charge >= 0.3 is 0 Å². The van der Waals surface area contributed by atoms with Gasteiger partial charge < -0.3 is 9.30 Å². The fourth-order valence-corrected chi connectivity index (χ4v) is 3.67. The fourth-order valence-electron chi connectivity index (χ4n) is 2.99. The second-order valence-electron chi connectivity index (χ2n) is 6.64. The molecule has 0 aliphatic carbocycles. The Morgan fingerprint density at radius 1 is 1.23 bits per heavy atom. The quantitative estimate of drug-likeness (QED) is 0.446. The lowest BCUT2D eigenvalue weighted by Crippen LogP contribution is -2.17. The summed E-state index contributed by atoms with van der Waals surface area (Å²) in [6.45, 7) is 0.572. The van der Waals surface area contributed by atoms with E-state index in [-0.39, 0.29) is 11.7 Å². The molecule has 156 valence electrons. The Labute approximate surface area is 182 Å². The summed E-state index contributed by atoms with van der Waals surface area (Å²) in [4.78, 5) is 21.1. The van der Waals surface area contributed by atoms with Gasteiger partial charge in [-0.2, -0.15) is 0 Å². The number of anilines is 1. The molecular weight excluding hydrogens is 415 g/mol. The van der Waals surface area contributed by atoms with Crippen molar-refractivity contribution in [2.24, 2.45) is 0 Å². The highest BCUT2D eigenvalue weighted by Crippen LogP contribution is 2.21. The molecule has 1 N–H and O–H groups in total. The minimum atomic E-state index is -0.425. The molecule has 6 nitrogen and oxygen atoms in total. The van der Waals surface area contributed by atoms with Crippen LogP contribution in [0.1, 0.15) is 27.3 Å². The molecule has 0 saturated carbocycles. The first-order chi connectivity index (χ1) is 15.1. The molecule has 4 aromatic rings. The van der Waals surface area contributed by atoms with E-state index in [0.29, 0.717) is 28.6 Å². The van der Waals surface area contributed by atoms with Crippen molar-refractivity contribution in [3.05, 3.63) is 94.8 Å². The minimum Gasteiger partial charge on any atom is -0.494 e. The van der Waals surface area contributed by atoms with Gasteiger partial charge in [-0.05, 0) is 53.6 Å². The molecule has 4 rings (SSSR count). The van der Waals surface area contributed by atoms with Crippen LogP contribution in [0.2, 0.25) is 0 Å². The van der Waals surface area contributed by atoms with Gasteiger partial charge in [0, 0.05) is 30.5 Å². The Hall–Kier alpha value is -3.78. The van der Waals surface area contributed by atoms with Crippen LogP contribution in [0.4, 0.5) is 9.52 Å². The largest absolute Gasteiger partial charge is 0.494 e. The number of nitrogens with one attached hydrogen (secondary N) is 1. The van der Waals surface area contributed by atoms with E-state index in [2.05, 4.69) is 15.3 Å². The second kappa shape index (κ2) is 9.36. The number of methoxy groups -OCH3 is 1. The first kappa shape index (κ1) is 20.5. The number of ether oxygens (including phenoxy) is 1. The maximum atomic E-state index is 13.8. The Bertz CT molecular complexity index is 1220. The number of carbonyl (C=O) groups excluding carboxylic acids is 1. The summed E-state index contributed by atoms with van der Waals surface area (Å²) >= 11 is 1.32. The van der Waals surface area contributed by atoms with E-state index < -0.39 is 5.82 Å². The molecule has 31 heavy (non-hydrogen) atoms. The molecule has 0 fully saturated rings. The van der Waals surface area contributed by atoms with Gasteiger partial charge in [-0.1, -0.05) is 12.1 Å². The van der Waals surface area contributed by atoms with E-state index in [4.69, 9.17) is 4.74 Å². The predicted molar refractivity (Wildman–Crippen MR) is 120 cm³/mol. The summed E-state index contributed by atoms with van der Waals surface area (Å²) in [6.07, 6.45) is 8.83. The van der Waals surface area contributed by atoms with E-state index in [1.807, 2.05) is 34.3 Å². The van der Waals surface area contributed by atoms with E-state index in [1.54, 1.807) is 42.7 Å². The molecule has 0 atom stereocenters. The highest BCUT2D eigenvalue weighted by atomic mass is 32.1. The van der Waals surface area contributed by atoms with Gasteiger partial charge in [-0.25, -0.2) is 9.37 Å². The third-order valence-corrected chi connectivity index (χ3v) is 5.31. The van der Waals surface area contributed by atoms with Gasteiger partial charge in [-0.3, -0.25) is 15.1 Å². The Morgan fingerprint density at radius 3 is 2.84 bits per heavy atom. The van der Waals surface area contributed by atoms with Gasteiger partial charge in [0.2, 0.25) is 0 Å². The first-order valence-corrected chi connectivity index (χ1v) is 10.3. The molecule has 0 aliphatic rings. The van der Waals surface area contributed by atoms with Crippen molar-refractivity contribution in [1.82, 2.24) is 14.5 Å². The number of halogens is 1. The molecule has 3 heterocycles. The van der Waals surface area contributed by atoms with Crippen molar-refractivity contribution >= 4 is 34.5 Å². The molecule has 3 aromatic heterocycles. The number of hydrogen-bond donors (Lipinski definition) is 1. The van der Waals surface area contributed by atoms with Crippen LogP contribution in [-0.4, -0.2) is 27.6 Å². The molecule has 8 heteroatoms. The average Bonchev–Trinajstić information content (AvgIpc) is 3.42. The lowest BCUT2D eigenvalue weighted by atomic mass is 10.2. The SMILES string of the molecule is COc1ccc(C=Cc2csc(NC(=O)c3cccn3Cc3ccncc3)n2)cc1F. The zero-order chi connectivity index (χ0) is 21.6. The number of amides is 1. The van der Waals surface area contributed by atoms with Crippen molar-refractivity contribution in [2.45, 2.75) is 6.54 Å². The van der Waals surface area contributed by atoms with E-state index in [9.17, 15) is 9.18 Å². The van der Waals surface area contributed by atoms with Gasteiger partial charge in [0.05, 0.1) is 12.8 Å². The number of pyridine rings is 1. The number of hydrogen-bond acceptors (Lipinski definition) is 5. The highest BCUT2D eigenvalue weighted by molar-refractivity contribution is 7.14. The Morgan fingerprint density at radius 2 is 2.06 bits per heavy atom. The lowest BCUT2D eigenvalue weighted by molar-refractivity contribution is 0.101. The van der Waals surface area contributed by atoms with Gasteiger partial charge in [0.25, 0.3) is 5.91 Å². The van der Waals surface area contributed by atoms with Crippen molar-refractivity contribution in [1.29, 1.82) is 0 Å². The minimum absolute atomic E-state index is 0.199. The Kier molecular flexibility index (Phi) is 6.18. The zero-order valence-corrected chi connectivity index (χ0v) is 17.5. The van der Waals surface area contributed by atoms with E-state index in [0.717, 1.165) is 5.56 Å². The standard InChI is InChI=1S/C23H19FN4O2S/c1-30-21-7-5-16(13-19(21)24)4-6-18-15-31-23(26-18)27-22(29)20-3-2-12-28(20)14-17-8-10-25-11-9-17/h2-13,15H,14H2,1H3,(H,26,27,29). The molecule has 0 saturated heterocycles. The summed E-state index contributed by atoms with van der Waals surface area (Å²) < 4.78 is 20.6. The molecule has 0 aliphatic heterocycles. The monoisotopic (exact) mass is 434 g/mol. The fraction of sp³-hybridized carbons (Fsp3) is 0.0870. The molecular formula is C23H19FN4O2S. The zero-order valence-electron chi connectivity index (χ0n) is 16.7. The van der Waals surface area contributed by atoms with Gasteiger partial charge in [-0.15, -0.1) is 11.3 Å². The first-order valence-electron chi connectivity index (χ1n) is 9.45. The summed E-state index contributed by atoms with van der Waals surface area (Å²) in [6, 6.07) is 12.1. The number of nitrogens with zero attached hydrogens (tertiary/aromatic N) is 3. The molecule has 0 spiro atoms. The van der Waals surface area contributed by atoms with Crippen LogP contribution in [0, 0.1) is 5.82 Å². The highest BCUT2D eigenvalue weighted by Gasteiger charge is 2.13. The molecule has 0 unspecified atom stereocenters. The van der Waals surface area contributed by atoms with E-state index >= 15 is 0 Å². The third-order valence-electron chi connectivity index (χ3n) is 4.53. The van der Waals surface area contributed by atoms with Crippen molar-refractivity contribution in [2.75, 3.05) is 12.4 Å². The maximum Gasteiger partial charge on any atom is 0.274 e. The number of aromatic nitrogens is 3.